The first-order valence-electron chi connectivity index (χ1n) is 7.48. The van der Waals surface area contributed by atoms with Gasteiger partial charge in [-0.05, 0) is 37.6 Å². The van der Waals surface area contributed by atoms with Gasteiger partial charge in [0.25, 0.3) is 0 Å². The summed E-state index contributed by atoms with van der Waals surface area (Å²) in [6.45, 7) is 3.54. The van der Waals surface area contributed by atoms with E-state index in [1.165, 1.54) is 0 Å². The summed E-state index contributed by atoms with van der Waals surface area (Å²) >= 11 is 6.03. The van der Waals surface area contributed by atoms with Gasteiger partial charge in [-0.15, -0.1) is 9.78 Å². The Morgan fingerprint density at radius 2 is 2.04 bits per heavy atom. The molecule has 0 amide bonds. The van der Waals surface area contributed by atoms with Crippen molar-refractivity contribution < 1.29 is 22.7 Å². The molecule has 136 valence electrons. The molecule has 1 aromatic carbocycles. The fourth-order valence-corrected chi connectivity index (χ4v) is 2.71. The minimum Gasteiger partial charge on any atom is -0.448 e. The van der Waals surface area contributed by atoms with Gasteiger partial charge in [-0.25, -0.2) is 4.79 Å². The lowest BCUT2D eigenvalue weighted by atomic mass is 10.0. The van der Waals surface area contributed by atoms with Gasteiger partial charge in [-0.2, -0.15) is 13.2 Å². The average molecular weight is 385 g/mol. The molecule has 0 aliphatic carbocycles. The second-order valence-electron chi connectivity index (χ2n) is 5.41. The van der Waals surface area contributed by atoms with Crippen LogP contribution in [0.1, 0.15) is 18.1 Å². The largest absolute Gasteiger partial charge is 0.448 e. The third-order valence-electron chi connectivity index (χ3n) is 3.66. The summed E-state index contributed by atoms with van der Waals surface area (Å²) in [5.41, 5.74) is 1.12. The van der Waals surface area contributed by atoms with E-state index in [0.717, 1.165) is 10.7 Å². The molecule has 0 saturated heterocycles. The molecule has 2 heterocycles. The quantitative estimate of drug-likeness (QED) is 0.651. The number of ether oxygens (including phenoxy) is 1. The molecule has 26 heavy (non-hydrogen) atoms. The van der Waals surface area contributed by atoms with E-state index in [4.69, 9.17) is 16.3 Å². The highest BCUT2D eigenvalue weighted by Crippen LogP contribution is 2.35. The summed E-state index contributed by atoms with van der Waals surface area (Å²) in [6.07, 6.45) is -4.54. The van der Waals surface area contributed by atoms with Gasteiger partial charge in [0.15, 0.2) is 0 Å². The average Bonchev–Trinajstić information content (AvgIpc) is 2.96. The van der Waals surface area contributed by atoms with Crippen molar-refractivity contribution in [1.82, 2.24) is 20.0 Å². The van der Waals surface area contributed by atoms with Crippen molar-refractivity contribution in [2.24, 2.45) is 0 Å². The molecule has 0 fully saturated rings. The molecule has 0 unspecified atom stereocenters. The molecule has 0 atom stereocenters. The van der Waals surface area contributed by atoms with E-state index in [1.54, 1.807) is 26.0 Å². The predicted octanol–water partition coefficient (Wildman–Crippen LogP) is 4.48. The lowest BCUT2D eigenvalue weighted by Gasteiger charge is -2.11. The number of rotatable bonds is 2. The maximum absolute atomic E-state index is 12.8. The lowest BCUT2D eigenvalue weighted by molar-refractivity contribution is -0.137. The Hall–Kier alpha value is -2.68. The number of aromatic nitrogens is 4. The van der Waals surface area contributed by atoms with Gasteiger partial charge < -0.3 is 4.74 Å². The number of aryl methyl sites for hydroxylation is 1. The van der Waals surface area contributed by atoms with E-state index in [1.807, 2.05) is 0 Å². The van der Waals surface area contributed by atoms with Gasteiger partial charge in [0.1, 0.15) is 11.0 Å². The van der Waals surface area contributed by atoms with Gasteiger partial charge in [-0.3, -0.25) is 4.98 Å². The monoisotopic (exact) mass is 384 g/mol. The number of nitrogens with zero attached hydrogens (tertiary/aromatic N) is 4. The van der Waals surface area contributed by atoms with Crippen LogP contribution >= 0.6 is 11.6 Å². The zero-order chi connectivity index (χ0) is 19.1. The normalized spacial score (nSPS) is 11.8. The highest BCUT2D eigenvalue weighted by Gasteiger charge is 2.31. The smallest absolute Gasteiger partial charge is 0.436 e. The van der Waals surface area contributed by atoms with E-state index in [2.05, 4.69) is 15.3 Å². The molecule has 0 radical (unpaired) electrons. The number of benzene rings is 1. The van der Waals surface area contributed by atoms with E-state index < -0.39 is 17.8 Å². The van der Waals surface area contributed by atoms with Crippen molar-refractivity contribution in [3.8, 4) is 11.3 Å². The van der Waals surface area contributed by atoms with Gasteiger partial charge in [0, 0.05) is 11.8 Å². The molecule has 0 aliphatic heterocycles. The van der Waals surface area contributed by atoms with Crippen molar-refractivity contribution in [3.63, 3.8) is 0 Å². The number of pyridine rings is 1. The van der Waals surface area contributed by atoms with Gasteiger partial charge in [0.2, 0.25) is 0 Å². The van der Waals surface area contributed by atoms with E-state index >= 15 is 0 Å². The molecular formula is C16H12ClF3N4O2. The third-order valence-corrected chi connectivity index (χ3v) is 3.94. The molecule has 3 aromatic rings. The summed E-state index contributed by atoms with van der Waals surface area (Å²) in [4.78, 5) is 15.8. The maximum atomic E-state index is 12.8. The second kappa shape index (κ2) is 6.56. The molecule has 0 bridgehead atoms. The maximum Gasteiger partial charge on any atom is 0.436 e. The molecule has 3 rings (SSSR count). The van der Waals surface area contributed by atoms with Crippen LogP contribution in [-0.2, 0) is 10.9 Å². The molecule has 2 aromatic heterocycles. The zero-order valence-electron chi connectivity index (χ0n) is 13.6. The van der Waals surface area contributed by atoms with Gasteiger partial charge >= 0.3 is 12.3 Å². The highest BCUT2D eigenvalue weighted by molar-refractivity contribution is 6.33. The van der Waals surface area contributed by atoms with Crippen molar-refractivity contribution >= 4 is 28.7 Å². The van der Waals surface area contributed by atoms with Crippen molar-refractivity contribution in [2.45, 2.75) is 20.0 Å². The molecule has 0 spiro atoms. The number of hydrogen-bond donors (Lipinski definition) is 0. The Morgan fingerprint density at radius 1 is 1.31 bits per heavy atom. The van der Waals surface area contributed by atoms with Crippen LogP contribution in [-0.4, -0.2) is 32.7 Å². The predicted molar refractivity (Wildman–Crippen MR) is 87.9 cm³/mol. The lowest BCUT2D eigenvalue weighted by Crippen LogP contribution is -2.15. The number of fused-ring (bicyclic) bond motifs is 1. The Labute approximate surface area is 150 Å². The van der Waals surface area contributed by atoms with Crippen molar-refractivity contribution in [2.75, 3.05) is 6.61 Å². The number of hydrogen-bond acceptors (Lipinski definition) is 5. The molecule has 0 N–H and O–H groups in total. The second-order valence-corrected chi connectivity index (χ2v) is 5.82. The molecule has 10 heteroatoms. The standard InChI is InChI=1S/C16H12ClF3N4O2/c1-3-26-15(25)24-13-6-10(8(2)4-12(13)22-23-24)14-11(17)5-9(7-21-14)16(18,19)20/h4-7H,3H2,1-2H3. The third kappa shape index (κ3) is 3.22. The first-order valence-corrected chi connectivity index (χ1v) is 7.86. The van der Waals surface area contributed by atoms with Crippen LogP contribution in [0.3, 0.4) is 0 Å². The Kier molecular flexibility index (Phi) is 4.57. The van der Waals surface area contributed by atoms with E-state index in [9.17, 15) is 18.0 Å². The van der Waals surface area contributed by atoms with Crippen LogP contribution in [0.2, 0.25) is 5.02 Å². The van der Waals surface area contributed by atoms with E-state index in [-0.39, 0.29) is 17.3 Å². The zero-order valence-corrected chi connectivity index (χ0v) is 14.4. The summed E-state index contributed by atoms with van der Waals surface area (Å²) in [5, 5.41) is 7.49. The van der Waals surface area contributed by atoms with Crippen LogP contribution in [0, 0.1) is 6.92 Å². The fraction of sp³-hybridized carbons (Fsp3) is 0.250. The number of carbonyl (C=O) groups excluding carboxylic acids is 1. The van der Waals surface area contributed by atoms with Crippen LogP contribution in [0.4, 0.5) is 18.0 Å². The minimum atomic E-state index is -4.54. The van der Waals surface area contributed by atoms with Gasteiger partial charge in [0.05, 0.1) is 22.9 Å². The summed E-state index contributed by atoms with van der Waals surface area (Å²) < 4.78 is 44.3. The Bertz CT molecular complexity index is 1000. The summed E-state index contributed by atoms with van der Waals surface area (Å²) in [7, 11) is 0. The Balaban J connectivity index is 2.15. The molecule has 0 aliphatic rings. The Morgan fingerprint density at radius 3 is 2.65 bits per heavy atom. The van der Waals surface area contributed by atoms with Gasteiger partial charge in [-0.1, -0.05) is 16.8 Å². The number of halogens is 4. The van der Waals surface area contributed by atoms with Crippen molar-refractivity contribution in [3.05, 3.63) is 40.5 Å². The number of carbonyl (C=O) groups is 1. The number of alkyl halides is 3. The topological polar surface area (TPSA) is 69.9 Å². The summed E-state index contributed by atoms with van der Waals surface area (Å²) in [5.74, 6) is 0. The fourth-order valence-electron chi connectivity index (χ4n) is 2.44. The summed E-state index contributed by atoms with van der Waals surface area (Å²) in [6, 6.07) is 4.00. The first-order chi connectivity index (χ1) is 12.2. The first kappa shape index (κ1) is 18.1. The molecular weight excluding hydrogens is 373 g/mol. The SMILES string of the molecule is CCOC(=O)n1nnc2cc(C)c(-c3ncc(C(F)(F)F)cc3Cl)cc21. The highest BCUT2D eigenvalue weighted by atomic mass is 35.5. The molecule has 0 saturated carbocycles. The molecule has 6 nitrogen and oxygen atoms in total. The minimum absolute atomic E-state index is 0.155. The van der Waals surface area contributed by atoms with Crippen LogP contribution in [0.15, 0.2) is 24.4 Å². The van der Waals surface area contributed by atoms with Crippen LogP contribution in [0.5, 0.6) is 0 Å². The van der Waals surface area contributed by atoms with Crippen LogP contribution < -0.4 is 0 Å². The van der Waals surface area contributed by atoms with E-state index in [0.29, 0.717) is 28.4 Å². The van der Waals surface area contributed by atoms with Crippen molar-refractivity contribution in [1.29, 1.82) is 0 Å². The van der Waals surface area contributed by atoms with Crippen LogP contribution in [0.25, 0.3) is 22.3 Å².